The first-order valence-electron chi connectivity index (χ1n) is 8.17. The van der Waals surface area contributed by atoms with E-state index < -0.39 is 0 Å². The molecule has 1 saturated heterocycles. The number of piperidine rings is 1. The van der Waals surface area contributed by atoms with Crippen LogP contribution in [0.15, 0.2) is 6.20 Å². The minimum Gasteiger partial charge on any atom is -0.375 e. The largest absolute Gasteiger partial charge is 0.375 e. The van der Waals surface area contributed by atoms with Crippen molar-refractivity contribution < 1.29 is 0 Å². The number of hydrogen-bond acceptors (Lipinski definition) is 6. The molecule has 0 aromatic carbocycles. The molecule has 2 N–H and O–H groups in total. The summed E-state index contributed by atoms with van der Waals surface area (Å²) in [6.07, 6.45) is 9.17. The fraction of sp³-hybridized carbons (Fsp3) is 0.667. The van der Waals surface area contributed by atoms with Crippen LogP contribution in [-0.4, -0.2) is 31.2 Å². The molecular weight excluding hydrogens is 332 g/mol. The third-order valence-corrected chi connectivity index (χ3v) is 5.54. The van der Waals surface area contributed by atoms with E-state index in [9.17, 15) is 0 Å². The summed E-state index contributed by atoms with van der Waals surface area (Å²) in [6.45, 7) is 3.11. The molecule has 2 aliphatic rings. The number of aryl methyl sites for hydroxylation is 1. The molecule has 0 radical (unpaired) electrons. The zero-order chi connectivity index (χ0) is 14.9. The van der Waals surface area contributed by atoms with Gasteiger partial charge >= 0.3 is 0 Å². The number of thiazole rings is 1. The molecule has 1 unspecified atom stereocenters. The minimum absolute atomic E-state index is 0. The molecule has 126 valence electrons. The molecule has 2 aromatic heterocycles. The Morgan fingerprint density at radius 2 is 2.04 bits per heavy atom. The number of rotatable bonds is 3. The Kier molecular flexibility index (Phi) is 5.18. The third kappa shape index (κ3) is 3.36. The van der Waals surface area contributed by atoms with E-state index >= 15 is 0 Å². The molecule has 4 rings (SSSR count). The van der Waals surface area contributed by atoms with E-state index in [1.165, 1.54) is 48.6 Å². The molecule has 1 fully saturated rings. The average molecular weight is 355 g/mol. The SMILES string of the molecule is Cl.Nc1ncc(CN2CCCCC2c2nnc3n2CCCC3)s1. The van der Waals surface area contributed by atoms with Gasteiger partial charge in [-0.25, -0.2) is 4.98 Å². The summed E-state index contributed by atoms with van der Waals surface area (Å²) in [6, 6.07) is 0.386. The van der Waals surface area contributed by atoms with Gasteiger partial charge in [-0.1, -0.05) is 6.42 Å². The number of nitrogens with zero attached hydrogens (tertiary/aromatic N) is 5. The van der Waals surface area contributed by atoms with Crippen molar-refractivity contribution in [1.29, 1.82) is 0 Å². The fourth-order valence-electron chi connectivity index (χ4n) is 3.65. The molecule has 4 heterocycles. The van der Waals surface area contributed by atoms with Crippen LogP contribution in [-0.2, 0) is 19.5 Å². The van der Waals surface area contributed by atoms with E-state index in [0.29, 0.717) is 11.2 Å². The highest BCUT2D eigenvalue weighted by Gasteiger charge is 2.30. The standard InChI is InChI=1S/C15H22N6S.ClH/c16-15-17-9-11(22-15)10-20-7-3-1-5-12(20)14-19-18-13-6-2-4-8-21(13)14;/h9,12H,1-8,10H2,(H2,16,17);1H. The van der Waals surface area contributed by atoms with Gasteiger partial charge < -0.3 is 10.3 Å². The van der Waals surface area contributed by atoms with E-state index in [1.807, 2.05) is 6.20 Å². The van der Waals surface area contributed by atoms with Crippen LogP contribution in [0.3, 0.4) is 0 Å². The second kappa shape index (κ2) is 7.15. The predicted molar refractivity (Wildman–Crippen MR) is 93.7 cm³/mol. The van der Waals surface area contributed by atoms with Crippen LogP contribution < -0.4 is 5.73 Å². The fourth-order valence-corrected chi connectivity index (χ4v) is 4.36. The number of fused-ring (bicyclic) bond motifs is 1. The van der Waals surface area contributed by atoms with Crippen molar-refractivity contribution in [3.63, 3.8) is 0 Å². The zero-order valence-electron chi connectivity index (χ0n) is 13.1. The Labute approximate surface area is 146 Å². The van der Waals surface area contributed by atoms with Gasteiger partial charge in [-0.05, 0) is 32.2 Å². The third-order valence-electron chi connectivity index (χ3n) is 4.73. The number of likely N-dealkylation sites (tertiary alicyclic amines) is 1. The number of halogens is 1. The Balaban J connectivity index is 0.00000156. The van der Waals surface area contributed by atoms with Crippen LogP contribution >= 0.6 is 23.7 Å². The quantitative estimate of drug-likeness (QED) is 0.917. The van der Waals surface area contributed by atoms with E-state index in [-0.39, 0.29) is 12.4 Å². The van der Waals surface area contributed by atoms with Gasteiger partial charge in [0.1, 0.15) is 11.6 Å². The first kappa shape index (κ1) is 16.7. The van der Waals surface area contributed by atoms with Crippen LogP contribution in [0.4, 0.5) is 5.13 Å². The summed E-state index contributed by atoms with van der Waals surface area (Å²) >= 11 is 1.59. The zero-order valence-corrected chi connectivity index (χ0v) is 14.8. The van der Waals surface area contributed by atoms with Gasteiger partial charge in [-0.2, -0.15) is 0 Å². The van der Waals surface area contributed by atoms with E-state index in [2.05, 4.69) is 24.6 Å². The van der Waals surface area contributed by atoms with Crippen molar-refractivity contribution in [2.24, 2.45) is 0 Å². The molecule has 2 aliphatic heterocycles. The number of anilines is 1. The minimum atomic E-state index is 0. The lowest BCUT2D eigenvalue weighted by molar-refractivity contribution is 0.131. The van der Waals surface area contributed by atoms with Gasteiger partial charge in [-0.3, -0.25) is 4.90 Å². The molecule has 6 nitrogen and oxygen atoms in total. The Morgan fingerprint density at radius 3 is 2.87 bits per heavy atom. The van der Waals surface area contributed by atoms with Crippen molar-refractivity contribution in [2.45, 2.75) is 57.7 Å². The molecule has 0 aliphatic carbocycles. The maximum Gasteiger partial charge on any atom is 0.180 e. The maximum absolute atomic E-state index is 5.77. The van der Waals surface area contributed by atoms with Crippen molar-refractivity contribution in [3.8, 4) is 0 Å². The highest BCUT2D eigenvalue weighted by atomic mass is 35.5. The van der Waals surface area contributed by atoms with Crippen LogP contribution in [0, 0.1) is 0 Å². The highest BCUT2D eigenvalue weighted by molar-refractivity contribution is 7.15. The highest BCUT2D eigenvalue weighted by Crippen LogP contribution is 2.33. The van der Waals surface area contributed by atoms with E-state index in [4.69, 9.17) is 5.73 Å². The monoisotopic (exact) mass is 354 g/mol. The molecule has 0 amide bonds. The van der Waals surface area contributed by atoms with Crippen molar-refractivity contribution in [3.05, 3.63) is 22.7 Å². The van der Waals surface area contributed by atoms with Crippen LogP contribution in [0.2, 0.25) is 0 Å². The maximum atomic E-state index is 5.77. The summed E-state index contributed by atoms with van der Waals surface area (Å²) < 4.78 is 2.37. The molecule has 8 heteroatoms. The number of nitrogens with two attached hydrogens (primary N) is 1. The lowest BCUT2D eigenvalue weighted by Crippen LogP contribution is -2.34. The Hall–Kier alpha value is -1.18. The second-order valence-electron chi connectivity index (χ2n) is 6.23. The van der Waals surface area contributed by atoms with Gasteiger partial charge in [0.25, 0.3) is 0 Å². The second-order valence-corrected chi connectivity index (χ2v) is 7.38. The van der Waals surface area contributed by atoms with Crippen molar-refractivity contribution in [2.75, 3.05) is 12.3 Å². The van der Waals surface area contributed by atoms with Crippen LogP contribution in [0.25, 0.3) is 0 Å². The molecule has 1 atom stereocenters. The normalized spacial score (nSPS) is 21.7. The topological polar surface area (TPSA) is 72.9 Å². The molecule has 2 aromatic rings. The molecule has 0 saturated carbocycles. The average Bonchev–Trinajstić information content (AvgIpc) is 3.14. The van der Waals surface area contributed by atoms with E-state index in [0.717, 1.165) is 26.1 Å². The van der Waals surface area contributed by atoms with Gasteiger partial charge in [0.05, 0.1) is 6.04 Å². The lowest BCUT2D eigenvalue weighted by Gasteiger charge is -2.35. The molecule has 0 bridgehead atoms. The lowest BCUT2D eigenvalue weighted by atomic mass is 10.0. The van der Waals surface area contributed by atoms with E-state index in [1.54, 1.807) is 11.3 Å². The first-order valence-corrected chi connectivity index (χ1v) is 8.99. The Morgan fingerprint density at radius 1 is 1.17 bits per heavy atom. The number of nitrogen functional groups attached to an aromatic ring is 1. The first-order chi connectivity index (χ1) is 10.8. The summed E-state index contributed by atoms with van der Waals surface area (Å²) in [4.78, 5) is 7.95. The van der Waals surface area contributed by atoms with Gasteiger partial charge in [0.15, 0.2) is 5.13 Å². The smallest absolute Gasteiger partial charge is 0.180 e. The van der Waals surface area contributed by atoms with Gasteiger partial charge in [-0.15, -0.1) is 33.9 Å². The molecule has 0 spiro atoms. The molecular formula is C15H23ClN6S. The van der Waals surface area contributed by atoms with Crippen LogP contribution in [0.5, 0.6) is 0 Å². The van der Waals surface area contributed by atoms with Crippen molar-refractivity contribution in [1.82, 2.24) is 24.6 Å². The predicted octanol–water partition coefficient (Wildman–Crippen LogP) is 2.80. The number of aromatic nitrogens is 4. The van der Waals surface area contributed by atoms with Crippen molar-refractivity contribution >= 4 is 28.9 Å². The van der Waals surface area contributed by atoms with Gasteiger partial charge in [0.2, 0.25) is 0 Å². The summed E-state index contributed by atoms with van der Waals surface area (Å²) in [5.41, 5.74) is 5.77. The molecule has 23 heavy (non-hydrogen) atoms. The summed E-state index contributed by atoms with van der Waals surface area (Å²) in [5.74, 6) is 2.35. The number of hydrogen-bond donors (Lipinski definition) is 1. The van der Waals surface area contributed by atoms with Crippen LogP contribution in [0.1, 0.15) is 54.7 Å². The summed E-state index contributed by atoms with van der Waals surface area (Å²) in [5, 5.41) is 9.64. The Bertz CT molecular complexity index is 654. The summed E-state index contributed by atoms with van der Waals surface area (Å²) in [7, 11) is 0. The van der Waals surface area contributed by atoms with Gasteiger partial charge in [0, 0.05) is 30.6 Å².